The molecule has 7 nitrogen and oxygen atoms in total. The van der Waals surface area contributed by atoms with Gasteiger partial charge in [0.25, 0.3) is 5.91 Å². The normalized spacial score (nSPS) is 22.3. The average molecular weight is 286 g/mol. The first-order valence-corrected chi connectivity index (χ1v) is 6.86. The van der Waals surface area contributed by atoms with Gasteiger partial charge >= 0.3 is 0 Å². The van der Waals surface area contributed by atoms with E-state index in [0.717, 1.165) is 0 Å². The zero-order chi connectivity index (χ0) is 14.0. The van der Waals surface area contributed by atoms with E-state index >= 15 is 0 Å². The second-order valence-electron chi connectivity index (χ2n) is 5.03. The molecule has 106 valence electrons. The molecule has 8 heteroatoms. The topological polar surface area (TPSA) is 87.6 Å². The van der Waals surface area contributed by atoms with Gasteiger partial charge in [-0.2, -0.15) is 0 Å². The number of amides is 1. The Kier molecular flexibility index (Phi) is 4.02. The molecule has 1 unspecified atom stereocenters. The lowest BCUT2D eigenvalue weighted by Gasteiger charge is -2.41. The van der Waals surface area contributed by atoms with Gasteiger partial charge < -0.3 is 20.1 Å². The van der Waals surface area contributed by atoms with Gasteiger partial charge in [-0.05, 0) is 13.8 Å². The number of rotatable bonds is 3. The standard InChI is InChI=1S/C11H18N4O3S/c1-11(2)6-15(4-7(5-16)18-11)9(17)8-13-14-10(12-3)19-8/h7,16H,4-6H2,1-3H3,(H,12,14). The highest BCUT2D eigenvalue weighted by Crippen LogP contribution is 2.24. The molecule has 0 aromatic carbocycles. The van der Waals surface area contributed by atoms with Crippen LogP contribution in [0.5, 0.6) is 0 Å². The molecule has 2 rings (SSSR count). The molecular weight excluding hydrogens is 268 g/mol. The van der Waals surface area contributed by atoms with Gasteiger partial charge in [-0.15, -0.1) is 10.2 Å². The zero-order valence-electron chi connectivity index (χ0n) is 11.2. The molecular formula is C11H18N4O3S. The number of nitrogens with zero attached hydrogens (tertiary/aromatic N) is 3. The van der Waals surface area contributed by atoms with Crippen LogP contribution in [0.4, 0.5) is 5.13 Å². The number of carbonyl (C=O) groups is 1. The quantitative estimate of drug-likeness (QED) is 0.825. The lowest BCUT2D eigenvalue weighted by atomic mass is 10.1. The minimum Gasteiger partial charge on any atom is -0.394 e. The molecule has 1 aromatic rings. The number of hydrogen-bond acceptors (Lipinski definition) is 7. The highest BCUT2D eigenvalue weighted by atomic mass is 32.1. The van der Waals surface area contributed by atoms with Crippen molar-refractivity contribution in [2.45, 2.75) is 25.6 Å². The molecule has 0 spiro atoms. The summed E-state index contributed by atoms with van der Waals surface area (Å²) < 4.78 is 5.68. The van der Waals surface area contributed by atoms with E-state index in [1.54, 1.807) is 11.9 Å². The molecule has 1 aliphatic rings. The van der Waals surface area contributed by atoms with Gasteiger partial charge in [-0.25, -0.2) is 0 Å². The van der Waals surface area contributed by atoms with Crippen molar-refractivity contribution in [2.75, 3.05) is 32.1 Å². The molecule has 0 radical (unpaired) electrons. The first-order chi connectivity index (χ1) is 8.95. The van der Waals surface area contributed by atoms with Gasteiger partial charge in [0.1, 0.15) is 0 Å². The average Bonchev–Trinajstić information content (AvgIpc) is 2.84. The third-order valence-electron chi connectivity index (χ3n) is 2.79. The fourth-order valence-electron chi connectivity index (χ4n) is 2.09. The van der Waals surface area contributed by atoms with E-state index in [-0.39, 0.29) is 18.6 Å². The number of hydrogen-bond donors (Lipinski definition) is 2. The summed E-state index contributed by atoms with van der Waals surface area (Å²) in [7, 11) is 1.73. The molecule has 1 aliphatic heterocycles. The van der Waals surface area contributed by atoms with Gasteiger partial charge in [0.05, 0.1) is 18.3 Å². The highest BCUT2D eigenvalue weighted by Gasteiger charge is 2.36. The Labute approximate surface area is 115 Å². The maximum absolute atomic E-state index is 12.3. The van der Waals surface area contributed by atoms with Gasteiger partial charge in [-0.3, -0.25) is 4.79 Å². The lowest BCUT2D eigenvalue weighted by molar-refractivity contribution is -0.139. The number of aliphatic hydroxyl groups is 1. The van der Waals surface area contributed by atoms with Crippen molar-refractivity contribution in [3.63, 3.8) is 0 Å². The Hall–Kier alpha value is -1.25. The summed E-state index contributed by atoms with van der Waals surface area (Å²) in [6, 6.07) is 0. The number of aromatic nitrogens is 2. The van der Waals surface area contributed by atoms with Crippen LogP contribution in [0.2, 0.25) is 0 Å². The summed E-state index contributed by atoms with van der Waals surface area (Å²) in [4.78, 5) is 14.0. The molecule has 1 saturated heterocycles. The maximum Gasteiger partial charge on any atom is 0.285 e. The van der Waals surface area contributed by atoms with Crippen molar-refractivity contribution >= 4 is 22.4 Å². The van der Waals surface area contributed by atoms with E-state index in [4.69, 9.17) is 4.74 Å². The summed E-state index contributed by atoms with van der Waals surface area (Å²) in [5.41, 5.74) is -0.474. The second-order valence-corrected chi connectivity index (χ2v) is 6.01. The van der Waals surface area contributed by atoms with Crippen LogP contribution in [-0.2, 0) is 4.74 Å². The molecule has 0 saturated carbocycles. The molecule has 1 amide bonds. The number of nitrogens with one attached hydrogen (secondary N) is 1. The van der Waals surface area contributed by atoms with Crippen LogP contribution < -0.4 is 5.32 Å². The Morgan fingerprint density at radius 1 is 1.63 bits per heavy atom. The zero-order valence-corrected chi connectivity index (χ0v) is 12.0. The number of anilines is 1. The fourth-order valence-corrected chi connectivity index (χ4v) is 2.76. The van der Waals surface area contributed by atoms with Gasteiger partial charge in [0.2, 0.25) is 10.1 Å². The van der Waals surface area contributed by atoms with E-state index < -0.39 is 5.60 Å². The van der Waals surface area contributed by atoms with Gasteiger partial charge in [0, 0.05) is 20.1 Å². The van der Waals surface area contributed by atoms with Gasteiger partial charge in [-0.1, -0.05) is 11.3 Å². The maximum atomic E-state index is 12.3. The largest absolute Gasteiger partial charge is 0.394 e. The summed E-state index contributed by atoms with van der Waals surface area (Å²) >= 11 is 1.22. The molecule has 1 fully saturated rings. The Morgan fingerprint density at radius 2 is 2.37 bits per heavy atom. The smallest absolute Gasteiger partial charge is 0.285 e. The Morgan fingerprint density at radius 3 is 2.95 bits per heavy atom. The molecule has 1 aromatic heterocycles. The van der Waals surface area contributed by atoms with Gasteiger partial charge in [0.15, 0.2) is 0 Å². The fraction of sp³-hybridized carbons (Fsp3) is 0.727. The van der Waals surface area contributed by atoms with Crippen molar-refractivity contribution in [3.8, 4) is 0 Å². The van der Waals surface area contributed by atoms with Crippen LogP contribution in [0.15, 0.2) is 0 Å². The van der Waals surface area contributed by atoms with E-state index in [9.17, 15) is 9.90 Å². The SMILES string of the molecule is CNc1nnc(C(=O)N2CC(CO)OC(C)(C)C2)s1. The summed E-state index contributed by atoms with van der Waals surface area (Å²) in [5.74, 6) is -0.172. The van der Waals surface area contributed by atoms with Crippen molar-refractivity contribution in [1.82, 2.24) is 15.1 Å². The first kappa shape index (κ1) is 14.2. The number of ether oxygens (including phenoxy) is 1. The molecule has 0 bridgehead atoms. The van der Waals surface area contributed by atoms with Crippen molar-refractivity contribution in [1.29, 1.82) is 0 Å². The summed E-state index contributed by atoms with van der Waals surface area (Å²) in [6.07, 6.45) is -0.357. The number of carbonyl (C=O) groups excluding carboxylic acids is 1. The molecule has 1 atom stereocenters. The van der Waals surface area contributed by atoms with Crippen LogP contribution >= 0.6 is 11.3 Å². The molecule has 2 heterocycles. The Balaban J connectivity index is 2.13. The predicted octanol–water partition coefficient (Wildman–Crippen LogP) is 0.192. The predicted molar refractivity (Wildman–Crippen MR) is 71.4 cm³/mol. The highest BCUT2D eigenvalue weighted by molar-refractivity contribution is 7.17. The van der Waals surface area contributed by atoms with E-state index in [1.807, 2.05) is 13.8 Å². The number of morpholine rings is 1. The lowest BCUT2D eigenvalue weighted by Crippen LogP contribution is -2.55. The monoisotopic (exact) mass is 286 g/mol. The summed E-state index contributed by atoms with van der Waals surface area (Å²) in [5, 5.41) is 20.8. The Bertz CT molecular complexity index is 463. The minimum absolute atomic E-state index is 0.106. The third-order valence-corrected chi connectivity index (χ3v) is 3.72. The van der Waals surface area contributed by atoms with Crippen molar-refractivity contribution < 1.29 is 14.6 Å². The van der Waals surface area contributed by atoms with E-state index in [2.05, 4.69) is 15.5 Å². The molecule has 0 aliphatic carbocycles. The molecule has 2 N–H and O–H groups in total. The third kappa shape index (κ3) is 3.20. The first-order valence-electron chi connectivity index (χ1n) is 6.04. The van der Waals surface area contributed by atoms with Crippen LogP contribution in [0, 0.1) is 0 Å². The van der Waals surface area contributed by atoms with Crippen LogP contribution in [-0.4, -0.2) is 64.6 Å². The van der Waals surface area contributed by atoms with Crippen LogP contribution in [0.3, 0.4) is 0 Å². The van der Waals surface area contributed by atoms with Crippen molar-refractivity contribution in [2.24, 2.45) is 0 Å². The van der Waals surface area contributed by atoms with Crippen LogP contribution in [0.1, 0.15) is 23.6 Å². The summed E-state index contributed by atoms with van der Waals surface area (Å²) in [6.45, 7) is 4.53. The second kappa shape index (κ2) is 5.40. The number of aliphatic hydroxyl groups excluding tert-OH is 1. The van der Waals surface area contributed by atoms with E-state index in [0.29, 0.717) is 23.2 Å². The minimum atomic E-state index is -0.474. The molecule has 19 heavy (non-hydrogen) atoms. The van der Waals surface area contributed by atoms with Crippen molar-refractivity contribution in [3.05, 3.63) is 5.01 Å². The van der Waals surface area contributed by atoms with Crippen LogP contribution in [0.25, 0.3) is 0 Å². The van der Waals surface area contributed by atoms with E-state index in [1.165, 1.54) is 11.3 Å².